The highest BCUT2D eigenvalue weighted by Gasteiger charge is 2.32. The molecule has 13 heteroatoms. The summed E-state index contributed by atoms with van der Waals surface area (Å²) in [5, 5.41) is 33.5. The minimum absolute atomic E-state index is 0.162. The molecule has 0 aliphatic rings. The fourth-order valence-corrected chi connectivity index (χ4v) is 2.00. The van der Waals surface area contributed by atoms with Gasteiger partial charge in [0.25, 0.3) is 0 Å². The van der Waals surface area contributed by atoms with Gasteiger partial charge in [-0.15, -0.1) is 0 Å². The van der Waals surface area contributed by atoms with Gasteiger partial charge in [0.15, 0.2) is 6.04 Å². The maximum absolute atomic E-state index is 12.1. The van der Waals surface area contributed by atoms with Gasteiger partial charge in [0.05, 0.1) is 19.1 Å². The summed E-state index contributed by atoms with van der Waals surface area (Å²) in [6, 6.07) is -4.53. The van der Waals surface area contributed by atoms with Crippen molar-refractivity contribution in [2.24, 2.45) is 5.73 Å². The Kier molecular flexibility index (Phi) is 10.2. The average molecular weight is 394 g/mol. The summed E-state index contributed by atoms with van der Waals surface area (Å²) in [5.41, 5.74) is 5.11. The minimum Gasteiger partial charge on any atom is -0.481 e. The molecule has 3 amide bonds. The van der Waals surface area contributed by atoms with Crippen molar-refractivity contribution < 1.29 is 39.3 Å². The molecule has 0 radical (unpaired) electrons. The third-order valence-corrected chi connectivity index (χ3v) is 3.44. The van der Waals surface area contributed by atoms with E-state index in [1.165, 1.54) is 0 Å². The Labute approximate surface area is 153 Å². The third-order valence-electron chi connectivity index (χ3n) is 3.08. The van der Waals surface area contributed by atoms with Gasteiger partial charge in [0.2, 0.25) is 17.7 Å². The Hall–Kier alpha value is -2.38. The number of hydrogen-bond donors (Lipinski definition) is 8. The van der Waals surface area contributed by atoms with Crippen LogP contribution in [0.25, 0.3) is 0 Å². The van der Waals surface area contributed by atoms with Gasteiger partial charge in [-0.2, -0.15) is 12.6 Å². The summed E-state index contributed by atoms with van der Waals surface area (Å²) in [4.78, 5) is 57.4. The molecule has 4 unspecified atom stereocenters. The fourth-order valence-electron chi connectivity index (χ4n) is 1.75. The highest BCUT2D eigenvalue weighted by molar-refractivity contribution is 7.80. The summed E-state index contributed by atoms with van der Waals surface area (Å²) in [7, 11) is 0. The molecular weight excluding hydrogens is 372 g/mol. The predicted octanol–water partition coefficient (Wildman–Crippen LogP) is -3.73. The number of carboxylic acids is 2. The zero-order chi connectivity index (χ0) is 20.4. The molecule has 0 spiro atoms. The second kappa shape index (κ2) is 11.3. The van der Waals surface area contributed by atoms with E-state index < -0.39 is 66.9 Å². The summed E-state index contributed by atoms with van der Waals surface area (Å²) in [6.07, 6.45) is -2.32. The SMILES string of the molecule is CC(O)C(NC(=O)C(CC(=O)O)NC(=O)C(CS)NC(=O)CN)C(=O)O. The van der Waals surface area contributed by atoms with Crippen molar-refractivity contribution >= 4 is 42.3 Å². The number of rotatable bonds is 11. The first-order valence-corrected chi connectivity index (χ1v) is 8.00. The molecule has 0 aliphatic heterocycles. The molecule has 4 atom stereocenters. The van der Waals surface area contributed by atoms with E-state index in [-0.39, 0.29) is 5.75 Å². The smallest absolute Gasteiger partial charge is 0.328 e. The molecule has 26 heavy (non-hydrogen) atoms. The standard InChI is InChI=1S/C13H22N4O8S/c1-5(18)10(13(24)25)17-11(22)6(2-9(20)21)16-12(23)7(4-26)15-8(19)3-14/h5-7,10,18,26H,2-4,14H2,1H3,(H,15,19)(H,16,23)(H,17,22)(H,20,21)(H,24,25). The molecule has 148 valence electrons. The number of carboxylic acid groups (broad SMARTS) is 2. The number of nitrogens with two attached hydrogens (primary N) is 1. The Balaban J connectivity index is 5.20. The van der Waals surface area contributed by atoms with E-state index in [4.69, 9.17) is 15.9 Å². The molecule has 0 aromatic heterocycles. The number of carbonyl (C=O) groups is 5. The van der Waals surface area contributed by atoms with Crippen LogP contribution in [0, 0.1) is 0 Å². The van der Waals surface area contributed by atoms with Gasteiger partial charge >= 0.3 is 11.9 Å². The monoisotopic (exact) mass is 394 g/mol. The topological polar surface area (TPSA) is 208 Å². The number of hydrogen-bond acceptors (Lipinski definition) is 8. The summed E-state index contributed by atoms with van der Waals surface area (Å²) < 4.78 is 0. The zero-order valence-electron chi connectivity index (χ0n) is 13.8. The summed E-state index contributed by atoms with van der Waals surface area (Å²) >= 11 is 3.88. The van der Waals surface area contributed by atoms with Crippen molar-refractivity contribution in [3.05, 3.63) is 0 Å². The summed E-state index contributed by atoms with van der Waals surface area (Å²) in [6.45, 7) is 0.717. The number of carbonyl (C=O) groups excluding carboxylic acids is 3. The van der Waals surface area contributed by atoms with Gasteiger partial charge in [-0.25, -0.2) is 4.79 Å². The maximum Gasteiger partial charge on any atom is 0.328 e. The van der Waals surface area contributed by atoms with Crippen LogP contribution in [-0.2, 0) is 24.0 Å². The van der Waals surface area contributed by atoms with E-state index in [1.54, 1.807) is 0 Å². The van der Waals surface area contributed by atoms with E-state index in [1.807, 2.05) is 5.32 Å². The van der Waals surface area contributed by atoms with E-state index in [0.29, 0.717) is 0 Å². The highest BCUT2D eigenvalue weighted by Crippen LogP contribution is 2.00. The third kappa shape index (κ3) is 8.13. The van der Waals surface area contributed by atoms with E-state index in [2.05, 4.69) is 23.3 Å². The zero-order valence-corrected chi connectivity index (χ0v) is 14.7. The quantitative estimate of drug-likeness (QED) is 0.162. The van der Waals surface area contributed by atoms with E-state index >= 15 is 0 Å². The number of amides is 3. The molecule has 0 saturated heterocycles. The van der Waals surface area contributed by atoms with Crippen LogP contribution in [0.4, 0.5) is 0 Å². The van der Waals surface area contributed by atoms with E-state index in [0.717, 1.165) is 6.92 Å². The Bertz CT molecular complexity index is 556. The number of aliphatic carboxylic acids is 2. The minimum atomic E-state index is -1.70. The summed E-state index contributed by atoms with van der Waals surface area (Å²) in [5.74, 6) is -5.85. The Morgan fingerprint density at radius 3 is 1.92 bits per heavy atom. The van der Waals surface area contributed by atoms with Crippen molar-refractivity contribution in [1.82, 2.24) is 16.0 Å². The van der Waals surface area contributed by atoms with E-state index in [9.17, 15) is 29.1 Å². The molecule has 0 heterocycles. The van der Waals surface area contributed by atoms with Crippen molar-refractivity contribution in [1.29, 1.82) is 0 Å². The molecular formula is C13H22N4O8S. The molecule has 0 aromatic carbocycles. The largest absolute Gasteiger partial charge is 0.481 e. The fraction of sp³-hybridized carbons (Fsp3) is 0.615. The van der Waals surface area contributed by atoms with Crippen LogP contribution >= 0.6 is 12.6 Å². The first kappa shape index (κ1) is 23.6. The van der Waals surface area contributed by atoms with Crippen molar-refractivity contribution in [2.75, 3.05) is 12.3 Å². The van der Waals surface area contributed by atoms with Gasteiger partial charge in [0.1, 0.15) is 12.1 Å². The van der Waals surface area contributed by atoms with Gasteiger partial charge in [-0.05, 0) is 6.92 Å². The van der Waals surface area contributed by atoms with Gasteiger partial charge in [0, 0.05) is 5.75 Å². The van der Waals surface area contributed by atoms with Crippen molar-refractivity contribution in [2.45, 2.75) is 37.6 Å². The van der Waals surface area contributed by atoms with Gasteiger partial charge in [-0.1, -0.05) is 0 Å². The average Bonchev–Trinajstić information content (AvgIpc) is 2.54. The van der Waals surface area contributed by atoms with Crippen molar-refractivity contribution in [3.8, 4) is 0 Å². The molecule has 0 aromatic rings. The number of aliphatic hydroxyl groups excluding tert-OH is 1. The van der Waals surface area contributed by atoms with Crippen LogP contribution in [0.15, 0.2) is 0 Å². The molecule has 8 N–H and O–H groups in total. The number of aliphatic hydroxyl groups is 1. The highest BCUT2D eigenvalue weighted by atomic mass is 32.1. The number of thiol groups is 1. The van der Waals surface area contributed by atoms with Crippen LogP contribution in [-0.4, -0.2) is 81.5 Å². The van der Waals surface area contributed by atoms with Crippen LogP contribution < -0.4 is 21.7 Å². The molecule has 12 nitrogen and oxygen atoms in total. The molecule has 0 aliphatic carbocycles. The lowest BCUT2D eigenvalue weighted by Gasteiger charge is -2.23. The lowest BCUT2D eigenvalue weighted by Crippen LogP contribution is -2.58. The second-order valence-electron chi connectivity index (χ2n) is 5.23. The Morgan fingerprint density at radius 1 is 1.00 bits per heavy atom. The molecule has 0 rings (SSSR count). The van der Waals surface area contributed by atoms with Crippen LogP contribution in [0.1, 0.15) is 13.3 Å². The first-order chi connectivity index (χ1) is 12.0. The lowest BCUT2D eigenvalue weighted by molar-refractivity contribution is -0.146. The van der Waals surface area contributed by atoms with Crippen molar-refractivity contribution in [3.63, 3.8) is 0 Å². The predicted molar refractivity (Wildman–Crippen MR) is 90.3 cm³/mol. The first-order valence-electron chi connectivity index (χ1n) is 7.37. The maximum atomic E-state index is 12.1. The molecule has 0 fully saturated rings. The lowest BCUT2D eigenvalue weighted by atomic mass is 10.1. The normalized spacial score (nSPS) is 15.1. The second-order valence-corrected chi connectivity index (χ2v) is 5.60. The van der Waals surface area contributed by atoms with Crippen LogP contribution in [0.2, 0.25) is 0 Å². The molecule has 0 bridgehead atoms. The van der Waals surface area contributed by atoms with Gasteiger partial charge in [-0.3, -0.25) is 19.2 Å². The Morgan fingerprint density at radius 2 is 1.54 bits per heavy atom. The number of nitrogens with one attached hydrogen (secondary N) is 3. The van der Waals surface area contributed by atoms with Gasteiger partial charge < -0.3 is 37.0 Å². The molecule has 0 saturated carbocycles. The van der Waals surface area contributed by atoms with Crippen LogP contribution in [0.3, 0.4) is 0 Å². The van der Waals surface area contributed by atoms with Crippen LogP contribution in [0.5, 0.6) is 0 Å².